The minimum absolute atomic E-state index is 0.0327. The third kappa shape index (κ3) is 4.20. The molecule has 1 aliphatic rings. The molecule has 1 fully saturated rings. The zero-order valence-corrected chi connectivity index (χ0v) is 14.6. The van der Waals surface area contributed by atoms with E-state index in [1.807, 2.05) is 0 Å². The largest absolute Gasteiger partial charge is 0.351 e. The van der Waals surface area contributed by atoms with Crippen LogP contribution in [0.1, 0.15) is 47.2 Å². The lowest BCUT2D eigenvalue weighted by Gasteiger charge is -2.28. The van der Waals surface area contributed by atoms with Gasteiger partial charge in [0.2, 0.25) is 0 Å². The van der Waals surface area contributed by atoms with E-state index in [2.05, 4.69) is 12.2 Å². The van der Waals surface area contributed by atoms with Crippen LogP contribution >= 0.6 is 22.0 Å². The Kier molecular flexibility index (Phi) is 5.33. The summed E-state index contributed by atoms with van der Waals surface area (Å²) in [5, 5.41) is 2.92. The van der Waals surface area contributed by atoms with Gasteiger partial charge in [-0.15, -0.1) is 11.3 Å². The second-order valence-electron chi connectivity index (χ2n) is 5.70. The number of hydrogen-bond acceptors (Lipinski definition) is 4. The molecule has 0 bridgehead atoms. The van der Waals surface area contributed by atoms with Crippen molar-refractivity contribution in [2.24, 2.45) is 11.8 Å². The van der Waals surface area contributed by atoms with E-state index in [1.165, 1.54) is 25.3 Å². The van der Waals surface area contributed by atoms with Crippen molar-refractivity contribution in [1.29, 1.82) is 0 Å². The molecular weight excluding hydrogens is 330 g/mol. The average Bonchev–Trinajstić information content (AvgIpc) is 2.79. The highest BCUT2D eigenvalue weighted by atomic mass is 35.7. The van der Waals surface area contributed by atoms with Gasteiger partial charge in [-0.25, -0.2) is 8.42 Å². The van der Waals surface area contributed by atoms with Crippen LogP contribution in [0.4, 0.5) is 0 Å². The van der Waals surface area contributed by atoms with Crippen molar-refractivity contribution in [2.45, 2.75) is 44.4 Å². The Hall–Kier alpha value is -0.590. The minimum Gasteiger partial charge on any atom is -0.351 e. The molecule has 1 N–H and O–H groups in total. The fourth-order valence-corrected chi connectivity index (χ4v) is 5.41. The standard InChI is InChI=1S/C14H20ClNO3S2/c1-9-5-3-4-6-11(9)8-16-14(17)12-7-13(10(2)20-12)21(15,18)19/h7,9,11H,3-6,8H2,1-2H3,(H,16,17). The first kappa shape index (κ1) is 16.8. The normalized spacial score (nSPS) is 23.0. The lowest BCUT2D eigenvalue weighted by atomic mass is 9.80. The molecule has 21 heavy (non-hydrogen) atoms. The molecule has 2 unspecified atom stereocenters. The van der Waals surface area contributed by atoms with E-state index >= 15 is 0 Å². The molecule has 0 radical (unpaired) electrons. The van der Waals surface area contributed by atoms with E-state index in [0.717, 1.165) is 17.8 Å². The van der Waals surface area contributed by atoms with Gasteiger partial charge < -0.3 is 5.32 Å². The SMILES string of the molecule is Cc1sc(C(=O)NCC2CCCCC2C)cc1S(=O)(=O)Cl. The summed E-state index contributed by atoms with van der Waals surface area (Å²) in [5.74, 6) is 0.926. The highest BCUT2D eigenvalue weighted by Crippen LogP contribution is 2.30. The highest BCUT2D eigenvalue weighted by molar-refractivity contribution is 8.13. The molecule has 0 spiro atoms. The van der Waals surface area contributed by atoms with Gasteiger partial charge in [-0.3, -0.25) is 4.79 Å². The molecule has 1 amide bonds. The number of rotatable bonds is 4. The van der Waals surface area contributed by atoms with Crippen LogP contribution in [0.25, 0.3) is 0 Å². The summed E-state index contributed by atoms with van der Waals surface area (Å²) in [4.78, 5) is 13.1. The molecule has 1 aliphatic carbocycles. The zero-order chi connectivity index (χ0) is 15.6. The second-order valence-corrected chi connectivity index (χ2v) is 9.49. The van der Waals surface area contributed by atoms with Crippen LogP contribution in [0.5, 0.6) is 0 Å². The van der Waals surface area contributed by atoms with Crippen molar-refractivity contribution in [1.82, 2.24) is 5.32 Å². The fourth-order valence-electron chi connectivity index (χ4n) is 2.83. The molecule has 1 heterocycles. The number of nitrogens with one attached hydrogen (secondary N) is 1. The van der Waals surface area contributed by atoms with E-state index in [1.54, 1.807) is 6.92 Å². The van der Waals surface area contributed by atoms with Crippen LogP contribution in [-0.2, 0) is 9.05 Å². The molecule has 0 aliphatic heterocycles. The van der Waals surface area contributed by atoms with Gasteiger partial charge in [-0.1, -0.05) is 26.2 Å². The number of hydrogen-bond donors (Lipinski definition) is 1. The molecule has 1 aromatic heterocycles. The Morgan fingerprint density at radius 3 is 2.67 bits per heavy atom. The predicted molar refractivity (Wildman–Crippen MR) is 85.6 cm³/mol. The molecule has 1 aromatic rings. The number of thiophene rings is 1. The highest BCUT2D eigenvalue weighted by Gasteiger charge is 2.23. The van der Waals surface area contributed by atoms with E-state index in [4.69, 9.17) is 10.7 Å². The maximum atomic E-state index is 12.1. The van der Waals surface area contributed by atoms with Crippen LogP contribution in [0.3, 0.4) is 0 Å². The first-order chi connectivity index (χ1) is 9.79. The lowest BCUT2D eigenvalue weighted by molar-refractivity contribution is 0.0940. The molecular formula is C14H20ClNO3S2. The van der Waals surface area contributed by atoms with Crippen molar-refractivity contribution >= 4 is 37.0 Å². The van der Waals surface area contributed by atoms with Crippen LogP contribution in [-0.4, -0.2) is 20.9 Å². The molecule has 4 nitrogen and oxygen atoms in total. The molecule has 2 atom stereocenters. The maximum Gasteiger partial charge on any atom is 0.262 e. The van der Waals surface area contributed by atoms with E-state index in [0.29, 0.717) is 28.1 Å². The third-order valence-corrected chi connectivity index (χ3v) is 6.80. The first-order valence-electron chi connectivity index (χ1n) is 7.12. The van der Waals surface area contributed by atoms with E-state index < -0.39 is 9.05 Å². The molecule has 118 valence electrons. The summed E-state index contributed by atoms with van der Waals surface area (Å²) in [6.45, 7) is 4.53. The summed E-state index contributed by atoms with van der Waals surface area (Å²) in [7, 11) is 1.56. The van der Waals surface area contributed by atoms with Crippen molar-refractivity contribution in [2.75, 3.05) is 6.54 Å². The molecule has 7 heteroatoms. The van der Waals surface area contributed by atoms with E-state index in [9.17, 15) is 13.2 Å². The number of carbonyl (C=O) groups is 1. The van der Waals surface area contributed by atoms with Crippen LogP contribution < -0.4 is 5.32 Å². The fraction of sp³-hybridized carbons (Fsp3) is 0.643. The van der Waals surface area contributed by atoms with Crippen LogP contribution in [0.15, 0.2) is 11.0 Å². The van der Waals surface area contributed by atoms with Crippen molar-refractivity contribution < 1.29 is 13.2 Å². The number of carbonyl (C=O) groups excluding carboxylic acids is 1. The zero-order valence-electron chi connectivity index (χ0n) is 12.2. The Morgan fingerprint density at radius 2 is 2.10 bits per heavy atom. The number of amides is 1. The van der Waals surface area contributed by atoms with Gasteiger partial charge in [0, 0.05) is 22.1 Å². The first-order valence-corrected chi connectivity index (χ1v) is 10.2. The third-order valence-electron chi connectivity index (χ3n) is 4.17. The summed E-state index contributed by atoms with van der Waals surface area (Å²) in [6, 6.07) is 1.36. The van der Waals surface area contributed by atoms with Crippen molar-refractivity contribution in [3.05, 3.63) is 15.8 Å². The van der Waals surface area contributed by atoms with Gasteiger partial charge in [-0.05, 0) is 31.2 Å². The van der Waals surface area contributed by atoms with Gasteiger partial charge in [0.1, 0.15) is 0 Å². The molecule has 0 saturated heterocycles. The molecule has 1 saturated carbocycles. The van der Waals surface area contributed by atoms with Gasteiger partial charge in [0.25, 0.3) is 15.0 Å². The Bertz CT molecular complexity index is 624. The van der Waals surface area contributed by atoms with Crippen molar-refractivity contribution in [3.63, 3.8) is 0 Å². The Balaban J connectivity index is 2.01. The lowest BCUT2D eigenvalue weighted by Crippen LogP contribution is -2.33. The summed E-state index contributed by atoms with van der Waals surface area (Å²) < 4.78 is 22.8. The Labute approximate surface area is 134 Å². The molecule has 0 aromatic carbocycles. The summed E-state index contributed by atoms with van der Waals surface area (Å²) >= 11 is 1.16. The minimum atomic E-state index is -3.79. The van der Waals surface area contributed by atoms with Gasteiger partial charge >= 0.3 is 0 Å². The Morgan fingerprint density at radius 1 is 1.43 bits per heavy atom. The smallest absolute Gasteiger partial charge is 0.262 e. The number of halogens is 1. The predicted octanol–water partition coefficient (Wildman–Crippen LogP) is 3.54. The topological polar surface area (TPSA) is 63.2 Å². The van der Waals surface area contributed by atoms with E-state index in [-0.39, 0.29) is 10.8 Å². The van der Waals surface area contributed by atoms with Crippen LogP contribution in [0, 0.1) is 18.8 Å². The van der Waals surface area contributed by atoms with Gasteiger partial charge in [0.15, 0.2) is 0 Å². The quantitative estimate of drug-likeness (QED) is 0.845. The second kappa shape index (κ2) is 6.67. The maximum absolute atomic E-state index is 12.1. The number of aryl methyl sites for hydroxylation is 1. The summed E-state index contributed by atoms with van der Waals surface area (Å²) in [5.41, 5.74) is 0. The molecule has 2 rings (SSSR count). The average molecular weight is 350 g/mol. The van der Waals surface area contributed by atoms with Gasteiger partial charge in [-0.2, -0.15) is 0 Å². The summed E-state index contributed by atoms with van der Waals surface area (Å²) in [6.07, 6.45) is 4.85. The van der Waals surface area contributed by atoms with Gasteiger partial charge in [0.05, 0.1) is 9.77 Å². The monoisotopic (exact) mass is 349 g/mol. The van der Waals surface area contributed by atoms with Crippen LogP contribution in [0.2, 0.25) is 0 Å². The van der Waals surface area contributed by atoms with Crippen molar-refractivity contribution in [3.8, 4) is 0 Å².